The number of methoxy groups -OCH3 is 4. The number of carbonyl (C=O) groups is 4. The maximum atomic E-state index is 11.1. The Kier molecular flexibility index (Phi) is 12.2. The third kappa shape index (κ3) is 8.91. The highest BCUT2D eigenvalue weighted by Gasteiger charge is 2.13. The van der Waals surface area contributed by atoms with Gasteiger partial charge in [-0.3, -0.25) is 4.79 Å². The number of phenols is 3. The van der Waals surface area contributed by atoms with E-state index in [-0.39, 0.29) is 28.4 Å². The monoisotopic (exact) mass is 514 g/mol. The van der Waals surface area contributed by atoms with Gasteiger partial charge < -0.3 is 34.3 Å². The van der Waals surface area contributed by atoms with Gasteiger partial charge in [0.15, 0.2) is 17.8 Å². The summed E-state index contributed by atoms with van der Waals surface area (Å²) in [6, 6.07) is 14.5. The van der Waals surface area contributed by atoms with Gasteiger partial charge in [-0.2, -0.15) is 0 Å². The molecule has 3 aromatic carbocycles. The molecule has 0 aliphatic heterocycles. The first-order chi connectivity index (χ1) is 17.6. The molecule has 3 aromatic rings. The van der Waals surface area contributed by atoms with Crippen LogP contribution in [0.1, 0.15) is 41.4 Å². The van der Waals surface area contributed by atoms with Crippen LogP contribution >= 0.6 is 0 Å². The van der Waals surface area contributed by atoms with Crippen molar-refractivity contribution in [2.24, 2.45) is 0 Å². The summed E-state index contributed by atoms with van der Waals surface area (Å²) in [6.07, 6.45) is 0.418. The standard InChI is InChI=1S/C9H10O4.C9H8O4.C8H8O3/c1-12-8-4-3-6(5-7(8)10)9(11)13-2;1-13-9(12)6-3-2-4-8(11)7(6)5-10;1-11-8(10)6-3-2-4-7(9)5-6/h3-5,10H,1-2H3;2-5,11H,1H3;2-5,9H,1H3. The first-order valence-corrected chi connectivity index (χ1v) is 10.3. The van der Waals surface area contributed by atoms with Crippen molar-refractivity contribution in [2.75, 3.05) is 28.4 Å². The maximum Gasteiger partial charge on any atom is 0.338 e. The van der Waals surface area contributed by atoms with Crippen LogP contribution < -0.4 is 4.74 Å². The minimum Gasteiger partial charge on any atom is -0.508 e. The van der Waals surface area contributed by atoms with Crippen molar-refractivity contribution >= 4 is 24.2 Å². The maximum absolute atomic E-state index is 11.1. The molecule has 11 nitrogen and oxygen atoms in total. The molecule has 0 heterocycles. The summed E-state index contributed by atoms with van der Waals surface area (Å²) in [5, 5.41) is 27.4. The molecule has 0 aliphatic rings. The number of hydrogen-bond acceptors (Lipinski definition) is 11. The molecule has 0 spiro atoms. The molecule has 196 valence electrons. The number of phenolic OH excluding ortho intramolecular Hbond substituents is 3. The summed E-state index contributed by atoms with van der Waals surface area (Å²) >= 11 is 0. The normalized spacial score (nSPS) is 9.30. The molecule has 0 radical (unpaired) electrons. The molecule has 3 rings (SSSR count). The largest absolute Gasteiger partial charge is 0.508 e. The summed E-state index contributed by atoms with van der Waals surface area (Å²) in [7, 11) is 5.23. The quantitative estimate of drug-likeness (QED) is 0.260. The number of benzene rings is 3. The summed E-state index contributed by atoms with van der Waals surface area (Å²) in [4.78, 5) is 43.4. The van der Waals surface area contributed by atoms with Crippen LogP contribution in [0.2, 0.25) is 0 Å². The lowest BCUT2D eigenvalue weighted by molar-refractivity contribution is 0.0590. The molecule has 0 saturated carbocycles. The number of aromatic hydroxyl groups is 3. The van der Waals surface area contributed by atoms with Gasteiger partial charge in [-0.05, 0) is 48.5 Å². The van der Waals surface area contributed by atoms with Crippen molar-refractivity contribution in [3.05, 3.63) is 82.9 Å². The van der Waals surface area contributed by atoms with Crippen molar-refractivity contribution in [1.82, 2.24) is 0 Å². The molecule has 0 atom stereocenters. The molecule has 11 heteroatoms. The van der Waals surface area contributed by atoms with E-state index in [2.05, 4.69) is 14.2 Å². The SMILES string of the molecule is COC(=O)c1ccc(OC)c(O)c1.COC(=O)c1cccc(O)c1.COC(=O)c1cccc(O)c1C=O. The first-order valence-electron chi connectivity index (χ1n) is 10.3. The number of hydrogen-bond donors (Lipinski definition) is 3. The van der Waals surface area contributed by atoms with E-state index in [0.29, 0.717) is 23.2 Å². The molecule has 37 heavy (non-hydrogen) atoms. The van der Waals surface area contributed by atoms with E-state index >= 15 is 0 Å². The summed E-state index contributed by atoms with van der Waals surface area (Å²) in [5.41, 5.74) is 0.667. The van der Waals surface area contributed by atoms with E-state index in [4.69, 9.17) is 9.84 Å². The first kappa shape index (κ1) is 30.0. The molecule has 0 amide bonds. The second-order valence-corrected chi connectivity index (χ2v) is 6.77. The minimum absolute atomic E-state index is 0.0469. The van der Waals surface area contributed by atoms with Crippen LogP contribution in [0.5, 0.6) is 23.0 Å². The highest BCUT2D eigenvalue weighted by Crippen LogP contribution is 2.26. The van der Waals surface area contributed by atoms with Gasteiger partial charge in [-0.25, -0.2) is 14.4 Å². The predicted molar refractivity (Wildman–Crippen MR) is 130 cm³/mol. The average Bonchev–Trinajstić information content (AvgIpc) is 2.92. The Morgan fingerprint density at radius 1 is 0.676 bits per heavy atom. The van der Waals surface area contributed by atoms with E-state index in [1.807, 2.05) is 0 Å². The molecule has 3 N–H and O–H groups in total. The van der Waals surface area contributed by atoms with Gasteiger partial charge >= 0.3 is 17.9 Å². The van der Waals surface area contributed by atoms with E-state index in [1.165, 1.54) is 77.0 Å². The zero-order valence-electron chi connectivity index (χ0n) is 20.5. The zero-order chi connectivity index (χ0) is 28.0. The van der Waals surface area contributed by atoms with Crippen molar-refractivity contribution in [3.63, 3.8) is 0 Å². The Morgan fingerprint density at radius 3 is 1.73 bits per heavy atom. The molecule has 0 bridgehead atoms. The molecule has 0 fully saturated rings. The van der Waals surface area contributed by atoms with E-state index in [9.17, 15) is 29.4 Å². The lowest BCUT2D eigenvalue weighted by Gasteiger charge is -2.04. The van der Waals surface area contributed by atoms with Crippen LogP contribution in [-0.2, 0) is 14.2 Å². The fourth-order valence-electron chi connectivity index (χ4n) is 2.65. The van der Waals surface area contributed by atoms with Gasteiger partial charge in [0.25, 0.3) is 0 Å². The smallest absolute Gasteiger partial charge is 0.338 e. The average molecular weight is 514 g/mol. The van der Waals surface area contributed by atoms with Crippen molar-refractivity contribution in [1.29, 1.82) is 0 Å². The number of aldehydes is 1. The van der Waals surface area contributed by atoms with Crippen LogP contribution in [0, 0.1) is 0 Å². The summed E-state index contributed by atoms with van der Waals surface area (Å²) < 4.78 is 18.2. The third-order valence-corrected chi connectivity index (χ3v) is 4.47. The lowest BCUT2D eigenvalue weighted by atomic mass is 10.1. The lowest BCUT2D eigenvalue weighted by Crippen LogP contribution is -2.05. The number of esters is 3. The molecule has 0 aromatic heterocycles. The van der Waals surface area contributed by atoms with Gasteiger partial charge in [0.05, 0.1) is 50.7 Å². The Hall–Kier alpha value is -5.06. The van der Waals surface area contributed by atoms with E-state index in [1.54, 1.807) is 12.1 Å². The Morgan fingerprint density at radius 2 is 1.24 bits per heavy atom. The highest BCUT2D eigenvalue weighted by atomic mass is 16.5. The number of carbonyl (C=O) groups excluding carboxylic acids is 4. The van der Waals surface area contributed by atoms with Gasteiger partial charge in [-0.1, -0.05) is 12.1 Å². The number of rotatable bonds is 5. The number of ether oxygens (including phenoxy) is 4. The fourth-order valence-corrected chi connectivity index (χ4v) is 2.65. The Balaban J connectivity index is 0.000000279. The van der Waals surface area contributed by atoms with Crippen molar-refractivity contribution < 1.29 is 53.4 Å². The van der Waals surface area contributed by atoms with Crippen molar-refractivity contribution in [2.45, 2.75) is 0 Å². The van der Waals surface area contributed by atoms with Crippen molar-refractivity contribution in [3.8, 4) is 23.0 Å². The highest BCUT2D eigenvalue weighted by molar-refractivity contribution is 5.99. The predicted octanol–water partition coefficient (Wildman–Crippen LogP) is 3.36. The summed E-state index contributed by atoms with van der Waals surface area (Å²) in [6.45, 7) is 0. The third-order valence-electron chi connectivity index (χ3n) is 4.47. The van der Waals surface area contributed by atoms with Crippen LogP contribution in [0.3, 0.4) is 0 Å². The Labute approximate surface area is 212 Å². The molecule has 0 saturated heterocycles. The summed E-state index contributed by atoms with van der Waals surface area (Å²) in [5.74, 6) is -1.49. The van der Waals surface area contributed by atoms with Crippen LogP contribution in [-0.4, -0.2) is 68.0 Å². The second-order valence-electron chi connectivity index (χ2n) is 6.77. The molecule has 0 unspecified atom stereocenters. The molecular weight excluding hydrogens is 488 g/mol. The minimum atomic E-state index is -0.641. The van der Waals surface area contributed by atoms with Crippen LogP contribution in [0.4, 0.5) is 0 Å². The van der Waals surface area contributed by atoms with Crippen LogP contribution in [0.15, 0.2) is 60.7 Å². The topological polar surface area (TPSA) is 166 Å². The van der Waals surface area contributed by atoms with E-state index in [0.717, 1.165) is 0 Å². The zero-order valence-corrected chi connectivity index (χ0v) is 20.5. The van der Waals surface area contributed by atoms with Gasteiger partial charge in [-0.15, -0.1) is 0 Å². The van der Waals surface area contributed by atoms with E-state index < -0.39 is 17.9 Å². The second kappa shape index (κ2) is 15.0. The van der Waals surface area contributed by atoms with Gasteiger partial charge in [0.2, 0.25) is 0 Å². The van der Waals surface area contributed by atoms with Crippen LogP contribution in [0.25, 0.3) is 0 Å². The Bertz CT molecular complexity index is 1230. The van der Waals surface area contributed by atoms with Gasteiger partial charge in [0, 0.05) is 0 Å². The molecular formula is C26H26O11. The van der Waals surface area contributed by atoms with Gasteiger partial charge in [0.1, 0.15) is 11.5 Å². The molecule has 0 aliphatic carbocycles. The fraction of sp³-hybridized carbons (Fsp3) is 0.154.